The predicted molar refractivity (Wildman–Crippen MR) is 66.9 cm³/mol. The van der Waals surface area contributed by atoms with E-state index < -0.39 is 5.97 Å². The molecule has 0 atom stereocenters. The van der Waals surface area contributed by atoms with Gasteiger partial charge in [-0.25, -0.2) is 9.78 Å². The van der Waals surface area contributed by atoms with Crippen LogP contribution in [0, 0.1) is 13.8 Å². The first-order valence-corrected chi connectivity index (χ1v) is 6.51. The number of carbonyl (C=O) groups is 1. The number of aryl methyl sites for hydroxylation is 2. The van der Waals surface area contributed by atoms with Crippen molar-refractivity contribution < 1.29 is 9.90 Å². The minimum atomic E-state index is -0.919. The topological polar surface area (TPSA) is 63.1 Å². The molecule has 0 aliphatic heterocycles. The molecule has 0 aliphatic rings. The highest BCUT2D eigenvalue weighted by atomic mass is 32.2. The maximum Gasteiger partial charge on any atom is 0.347 e. The molecule has 2 heterocycles. The largest absolute Gasteiger partial charge is 0.477 e. The number of rotatable bonds is 3. The van der Waals surface area contributed by atoms with Crippen LogP contribution in [0.15, 0.2) is 27.6 Å². The monoisotopic (exact) mass is 266 g/mol. The zero-order chi connectivity index (χ0) is 12.4. The predicted octanol–water partition coefficient (Wildman–Crippen LogP) is 3.00. The Hall–Kier alpha value is -1.40. The number of thiazole rings is 1. The van der Waals surface area contributed by atoms with Gasteiger partial charge in [-0.1, -0.05) is 11.8 Å². The van der Waals surface area contributed by atoms with Crippen LogP contribution in [0.2, 0.25) is 0 Å². The molecule has 88 valence electrons. The Bertz CT molecular complexity index is 566. The second-order valence-corrected chi connectivity index (χ2v) is 5.75. The minimum absolute atomic E-state index is 0.304. The molecule has 0 fully saturated rings. The summed E-state index contributed by atoms with van der Waals surface area (Å²) in [5, 5.41) is 8.94. The summed E-state index contributed by atoms with van der Waals surface area (Å²) in [5.74, 6) is -0.919. The lowest BCUT2D eigenvalue weighted by Gasteiger charge is -1.97. The zero-order valence-electron chi connectivity index (χ0n) is 9.30. The van der Waals surface area contributed by atoms with Crippen molar-refractivity contribution in [1.82, 2.24) is 9.97 Å². The molecule has 0 aromatic carbocycles. The van der Waals surface area contributed by atoms with Crippen molar-refractivity contribution in [1.29, 1.82) is 0 Å². The number of aromatic nitrogens is 2. The number of hydrogen-bond donors (Lipinski definition) is 1. The Labute approximate surface area is 107 Å². The first-order chi connectivity index (χ1) is 8.06. The summed E-state index contributed by atoms with van der Waals surface area (Å²) in [6, 6.07) is 3.83. The summed E-state index contributed by atoms with van der Waals surface area (Å²) < 4.78 is 0.741. The molecule has 0 saturated heterocycles. The summed E-state index contributed by atoms with van der Waals surface area (Å²) in [6.07, 6.45) is 1.73. The van der Waals surface area contributed by atoms with E-state index in [0.717, 1.165) is 14.9 Å². The molecule has 0 bridgehead atoms. The van der Waals surface area contributed by atoms with Gasteiger partial charge in [0.2, 0.25) is 0 Å². The number of pyridine rings is 1. The quantitative estimate of drug-likeness (QED) is 0.925. The zero-order valence-corrected chi connectivity index (χ0v) is 10.9. The summed E-state index contributed by atoms with van der Waals surface area (Å²) >= 11 is 2.66. The van der Waals surface area contributed by atoms with Gasteiger partial charge in [-0.2, -0.15) is 0 Å². The van der Waals surface area contributed by atoms with E-state index in [1.807, 2.05) is 19.1 Å². The van der Waals surface area contributed by atoms with E-state index in [0.29, 0.717) is 10.6 Å². The van der Waals surface area contributed by atoms with Crippen molar-refractivity contribution in [3.8, 4) is 0 Å². The third kappa shape index (κ3) is 2.83. The van der Waals surface area contributed by atoms with E-state index in [9.17, 15) is 4.79 Å². The molecule has 0 unspecified atom stereocenters. The second kappa shape index (κ2) is 4.85. The fourth-order valence-corrected chi connectivity index (χ4v) is 3.38. The summed E-state index contributed by atoms with van der Waals surface area (Å²) in [4.78, 5) is 20.6. The highest BCUT2D eigenvalue weighted by molar-refractivity contribution is 8.01. The van der Waals surface area contributed by atoms with E-state index in [1.54, 1.807) is 13.1 Å². The molecule has 0 amide bonds. The molecular formula is C11H10N2O2S2. The van der Waals surface area contributed by atoms with E-state index in [2.05, 4.69) is 9.97 Å². The van der Waals surface area contributed by atoms with Gasteiger partial charge in [-0.15, -0.1) is 11.3 Å². The van der Waals surface area contributed by atoms with Gasteiger partial charge in [-0.3, -0.25) is 4.98 Å². The van der Waals surface area contributed by atoms with Crippen LogP contribution in [0.5, 0.6) is 0 Å². The average Bonchev–Trinajstić information content (AvgIpc) is 2.59. The van der Waals surface area contributed by atoms with Crippen molar-refractivity contribution in [3.63, 3.8) is 0 Å². The number of hydrogen-bond acceptors (Lipinski definition) is 5. The van der Waals surface area contributed by atoms with E-state index in [1.165, 1.54) is 23.1 Å². The lowest BCUT2D eigenvalue weighted by atomic mass is 10.4. The summed E-state index contributed by atoms with van der Waals surface area (Å²) in [7, 11) is 0. The third-order valence-corrected chi connectivity index (χ3v) is 4.24. The molecule has 0 radical (unpaired) electrons. The molecule has 0 aliphatic carbocycles. The van der Waals surface area contributed by atoms with Crippen LogP contribution in [0.25, 0.3) is 0 Å². The maximum atomic E-state index is 10.9. The fourth-order valence-electron chi connectivity index (χ4n) is 1.30. The average molecular weight is 266 g/mol. The molecule has 0 saturated carbocycles. The molecule has 2 aromatic rings. The SMILES string of the molecule is Cc1cc(Sc2nc(C)c(C(=O)O)s2)ccn1. The molecule has 2 rings (SSSR count). The van der Waals surface area contributed by atoms with Gasteiger partial charge in [0.1, 0.15) is 4.88 Å². The van der Waals surface area contributed by atoms with Crippen LogP contribution < -0.4 is 0 Å². The number of carboxylic acids is 1. The van der Waals surface area contributed by atoms with E-state index >= 15 is 0 Å². The normalized spacial score (nSPS) is 10.5. The first kappa shape index (κ1) is 12.1. The third-order valence-electron chi connectivity index (χ3n) is 2.04. The summed E-state index contributed by atoms with van der Waals surface area (Å²) in [5.41, 5.74) is 1.50. The van der Waals surface area contributed by atoms with Crippen LogP contribution >= 0.6 is 23.1 Å². The number of carboxylic acid groups (broad SMARTS) is 1. The molecule has 6 heteroatoms. The molecule has 17 heavy (non-hydrogen) atoms. The van der Waals surface area contributed by atoms with Crippen molar-refractivity contribution in [2.75, 3.05) is 0 Å². The van der Waals surface area contributed by atoms with Crippen LogP contribution in [-0.2, 0) is 0 Å². The Morgan fingerprint density at radius 2 is 2.24 bits per heavy atom. The first-order valence-electron chi connectivity index (χ1n) is 4.87. The number of aromatic carboxylic acids is 1. The lowest BCUT2D eigenvalue weighted by Crippen LogP contribution is -1.94. The maximum absolute atomic E-state index is 10.9. The molecule has 2 aromatic heterocycles. The lowest BCUT2D eigenvalue weighted by molar-refractivity contribution is 0.0701. The Morgan fingerprint density at radius 3 is 2.82 bits per heavy atom. The van der Waals surface area contributed by atoms with Gasteiger partial charge in [0, 0.05) is 16.8 Å². The van der Waals surface area contributed by atoms with Gasteiger partial charge in [-0.05, 0) is 26.0 Å². The Kier molecular flexibility index (Phi) is 3.44. The van der Waals surface area contributed by atoms with Gasteiger partial charge < -0.3 is 5.11 Å². The summed E-state index contributed by atoms with van der Waals surface area (Å²) in [6.45, 7) is 3.63. The van der Waals surface area contributed by atoms with Crippen LogP contribution in [-0.4, -0.2) is 21.0 Å². The van der Waals surface area contributed by atoms with Crippen LogP contribution in [0.4, 0.5) is 0 Å². The van der Waals surface area contributed by atoms with Crippen molar-refractivity contribution in [2.45, 2.75) is 23.1 Å². The minimum Gasteiger partial charge on any atom is -0.477 e. The fraction of sp³-hybridized carbons (Fsp3) is 0.182. The standard InChI is InChI=1S/C11H10N2O2S2/c1-6-5-8(3-4-12-6)16-11-13-7(2)9(17-11)10(14)15/h3-5H,1-2H3,(H,14,15). The van der Waals surface area contributed by atoms with Gasteiger partial charge in [0.25, 0.3) is 0 Å². The van der Waals surface area contributed by atoms with Crippen molar-refractivity contribution in [3.05, 3.63) is 34.6 Å². The van der Waals surface area contributed by atoms with Crippen LogP contribution in [0.1, 0.15) is 21.1 Å². The Balaban J connectivity index is 2.25. The number of nitrogens with zero attached hydrogens (tertiary/aromatic N) is 2. The van der Waals surface area contributed by atoms with Crippen molar-refractivity contribution >= 4 is 29.1 Å². The van der Waals surface area contributed by atoms with Crippen LogP contribution in [0.3, 0.4) is 0 Å². The van der Waals surface area contributed by atoms with E-state index in [4.69, 9.17) is 5.11 Å². The molecule has 0 spiro atoms. The Morgan fingerprint density at radius 1 is 1.47 bits per heavy atom. The molecule has 1 N–H and O–H groups in total. The van der Waals surface area contributed by atoms with Gasteiger partial charge in [0.05, 0.1) is 5.69 Å². The highest BCUT2D eigenvalue weighted by Gasteiger charge is 2.14. The van der Waals surface area contributed by atoms with Gasteiger partial charge >= 0.3 is 5.97 Å². The van der Waals surface area contributed by atoms with Gasteiger partial charge in [0.15, 0.2) is 4.34 Å². The smallest absolute Gasteiger partial charge is 0.347 e. The second-order valence-electron chi connectivity index (χ2n) is 3.43. The molecule has 4 nitrogen and oxygen atoms in total. The van der Waals surface area contributed by atoms with Crippen molar-refractivity contribution in [2.24, 2.45) is 0 Å². The molecular weight excluding hydrogens is 256 g/mol. The highest BCUT2D eigenvalue weighted by Crippen LogP contribution is 2.32. The van der Waals surface area contributed by atoms with E-state index in [-0.39, 0.29) is 0 Å².